The maximum Gasteiger partial charge on any atom is 0.272 e. The third kappa shape index (κ3) is 3.99. The average Bonchev–Trinajstić information content (AvgIpc) is 2.95. The molecule has 3 rings (SSSR count). The molecular formula is C17H23ClN6O. The molecule has 1 atom stereocenters. The molecule has 0 aromatic carbocycles. The van der Waals surface area contributed by atoms with Gasteiger partial charge in [0, 0.05) is 32.3 Å². The van der Waals surface area contributed by atoms with Crippen molar-refractivity contribution in [1.29, 1.82) is 0 Å². The normalized spacial score (nSPS) is 18.0. The van der Waals surface area contributed by atoms with Gasteiger partial charge in [0.25, 0.3) is 5.91 Å². The van der Waals surface area contributed by atoms with E-state index in [4.69, 9.17) is 11.6 Å². The highest BCUT2D eigenvalue weighted by Gasteiger charge is 2.29. The van der Waals surface area contributed by atoms with Gasteiger partial charge < -0.3 is 14.4 Å². The number of halogens is 1. The molecule has 0 N–H and O–H groups in total. The first-order valence-electron chi connectivity index (χ1n) is 8.39. The van der Waals surface area contributed by atoms with Gasteiger partial charge in [0.15, 0.2) is 0 Å². The van der Waals surface area contributed by atoms with Crippen LogP contribution in [0.1, 0.15) is 40.9 Å². The standard InChI is InChI=1S/C17H23ClN6O/c1-22(2)11-15-20-21-16(23(15)3)12-5-4-8-24(10-12)17(25)14-7-6-13(18)9-19-14/h6-7,9,12H,4-5,8,10-11H2,1-3H3/t12-/m1/s1. The van der Waals surface area contributed by atoms with E-state index in [2.05, 4.69) is 24.6 Å². The van der Waals surface area contributed by atoms with Crippen LogP contribution in [-0.2, 0) is 13.6 Å². The summed E-state index contributed by atoms with van der Waals surface area (Å²) in [4.78, 5) is 20.8. The second-order valence-corrected chi connectivity index (χ2v) is 7.16. The van der Waals surface area contributed by atoms with Gasteiger partial charge in [-0.1, -0.05) is 11.6 Å². The smallest absolute Gasteiger partial charge is 0.272 e. The summed E-state index contributed by atoms with van der Waals surface area (Å²) in [5, 5.41) is 9.22. The molecule has 1 amide bonds. The predicted octanol–water partition coefficient (Wildman–Crippen LogP) is 1.94. The van der Waals surface area contributed by atoms with E-state index in [0.717, 1.165) is 37.6 Å². The van der Waals surface area contributed by atoms with Gasteiger partial charge in [0.05, 0.1) is 11.6 Å². The van der Waals surface area contributed by atoms with Crippen LogP contribution in [0.15, 0.2) is 18.3 Å². The number of nitrogens with zero attached hydrogens (tertiary/aromatic N) is 6. The zero-order valence-electron chi connectivity index (χ0n) is 14.8. The third-order valence-corrected chi connectivity index (χ3v) is 4.70. The Hall–Kier alpha value is -1.99. The molecule has 0 aliphatic carbocycles. The highest BCUT2D eigenvalue weighted by Crippen LogP contribution is 2.26. The SMILES string of the molecule is CN(C)Cc1nnc([C@@H]2CCCN(C(=O)c3ccc(Cl)cn3)C2)n1C. The quantitative estimate of drug-likeness (QED) is 0.831. The maximum absolute atomic E-state index is 12.7. The van der Waals surface area contributed by atoms with E-state index in [-0.39, 0.29) is 11.8 Å². The molecule has 0 radical (unpaired) electrons. The summed E-state index contributed by atoms with van der Waals surface area (Å²) in [5.41, 5.74) is 0.427. The van der Waals surface area contributed by atoms with Crippen LogP contribution < -0.4 is 0 Å². The molecule has 2 aromatic heterocycles. The summed E-state index contributed by atoms with van der Waals surface area (Å²) in [6, 6.07) is 3.37. The molecule has 1 aliphatic heterocycles. The van der Waals surface area contributed by atoms with Crippen molar-refractivity contribution >= 4 is 17.5 Å². The molecule has 7 nitrogen and oxygen atoms in total. The van der Waals surface area contributed by atoms with E-state index in [0.29, 0.717) is 17.3 Å². The van der Waals surface area contributed by atoms with Gasteiger partial charge in [0.2, 0.25) is 0 Å². The van der Waals surface area contributed by atoms with Crippen molar-refractivity contribution in [3.05, 3.63) is 40.7 Å². The molecule has 8 heteroatoms. The number of amides is 1. The fourth-order valence-electron chi connectivity index (χ4n) is 3.19. The van der Waals surface area contributed by atoms with Crippen LogP contribution in [-0.4, -0.2) is 62.6 Å². The van der Waals surface area contributed by atoms with E-state index in [1.807, 2.05) is 26.0 Å². The zero-order chi connectivity index (χ0) is 18.0. The summed E-state index contributed by atoms with van der Waals surface area (Å²) in [5.74, 6) is 2.01. The minimum Gasteiger partial charge on any atom is -0.337 e. The van der Waals surface area contributed by atoms with Crippen molar-refractivity contribution in [3.8, 4) is 0 Å². The minimum absolute atomic E-state index is 0.0583. The molecule has 1 saturated heterocycles. The Bertz CT molecular complexity index is 742. The Morgan fingerprint density at radius 3 is 2.84 bits per heavy atom. The van der Waals surface area contributed by atoms with Gasteiger partial charge in [-0.2, -0.15) is 0 Å². The Balaban J connectivity index is 1.74. The lowest BCUT2D eigenvalue weighted by atomic mass is 9.97. The predicted molar refractivity (Wildman–Crippen MR) is 95.5 cm³/mol. The van der Waals surface area contributed by atoms with Crippen molar-refractivity contribution in [2.45, 2.75) is 25.3 Å². The molecule has 1 aliphatic rings. The first kappa shape index (κ1) is 17.8. The summed E-state index contributed by atoms with van der Waals surface area (Å²) in [6.07, 6.45) is 3.46. The Morgan fingerprint density at radius 1 is 1.36 bits per heavy atom. The zero-order valence-corrected chi connectivity index (χ0v) is 15.6. The van der Waals surface area contributed by atoms with Crippen LogP contribution in [0.5, 0.6) is 0 Å². The van der Waals surface area contributed by atoms with E-state index >= 15 is 0 Å². The number of rotatable bonds is 4. The van der Waals surface area contributed by atoms with Crippen molar-refractivity contribution in [2.75, 3.05) is 27.2 Å². The first-order chi connectivity index (χ1) is 12.0. The van der Waals surface area contributed by atoms with Crippen molar-refractivity contribution < 1.29 is 4.79 Å². The van der Waals surface area contributed by atoms with Crippen molar-refractivity contribution in [1.82, 2.24) is 29.5 Å². The maximum atomic E-state index is 12.7. The number of pyridine rings is 1. The van der Waals surface area contributed by atoms with Crippen LogP contribution in [0.25, 0.3) is 0 Å². The van der Waals surface area contributed by atoms with Crippen LogP contribution in [0.2, 0.25) is 5.02 Å². The summed E-state index contributed by atoms with van der Waals surface area (Å²) in [7, 11) is 6.01. The second kappa shape index (κ2) is 7.49. The highest BCUT2D eigenvalue weighted by atomic mass is 35.5. The summed E-state index contributed by atoms with van der Waals surface area (Å²) >= 11 is 5.85. The van der Waals surface area contributed by atoms with E-state index < -0.39 is 0 Å². The molecule has 134 valence electrons. The van der Waals surface area contributed by atoms with Gasteiger partial charge in [-0.3, -0.25) is 4.79 Å². The molecule has 2 aromatic rings. The van der Waals surface area contributed by atoms with Crippen LogP contribution in [0.4, 0.5) is 0 Å². The number of hydrogen-bond acceptors (Lipinski definition) is 5. The average molecular weight is 363 g/mol. The Morgan fingerprint density at radius 2 is 2.16 bits per heavy atom. The number of aromatic nitrogens is 4. The van der Waals surface area contributed by atoms with Crippen LogP contribution in [0.3, 0.4) is 0 Å². The fraction of sp³-hybridized carbons (Fsp3) is 0.529. The van der Waals surface area contributed by atoms with Crippen LogP contribution >= 0.6 is 11.6 Å². The number of hydrogen-bond donors (Lipinski definition) is 0. The first-order valence-corrected chi connectivity index (χ1v) is 8.77. The molecule has 25 heavy (non-hydrogen) atoms. The number of piperidine rings is 1. The highest BCUT2D eigenvalue weighted by molar-refractivity contribution is 6.30. The van der Waals surface area contributed by atoms with Crippen molar-refractivity contribution in [3.63, 3.8) is 0 Å². The summed E-state index contributed by atoms with van der Waals surface area (Å²) in [6.45, 7) is 2.12. The number of carbonyl (C=O) groups is 1. The molecule has 0 spiro atoms. The van der Waals surface area contributed by atoms with E-state index in [1.165, 1.54) is 6.20 Å². The molecule has 1 fully saturated rings. The van der Waals surface area contributed by atoms with Gasteiger partial charge in [-0.25, -0.2) is 4.98 Å². The molecule has 3 heterocycles. The van der Waals surface area contributed by atoms with E-state index in [9.17, 15) is 4.79 Å². The number of carbonyl (C=O) groups excluding carboxylic acids is 1. The monoisotopic (exact) mass is 362 g/mol. The van der Waals surface area contributed by atoms with Gasteiger partial charge in [-0.15, -0.1) is 10.2 Å². The Labute approximate surface area is 152 Å². The molecule has 0 bridgehead atoms. The van der Waals surface area contributed by atoms with E-state index in [1.54, 1.807) is 12.1 Å². The lowest BCUT2D eigenvalue weighted by Gasteiger charge is -2.32. The Kier molecular flexibility index (Phi) is 5.34. The minimum atomic E-state index is -0.0583. The molecular weight excluding hydrogens is 340 g/mol. The summed E-state index contributed by atoms with van der Waals surface area (Å²) < 4.78 is 2.05. The molecule has 0 saturated carbocycles. The van der Waals surface area contributed by atoms with Crippen molar-refractivity contribution in [2.24, 2.45) is 7.05 Å². The van der Waals surface area contributed by atoms with Gasteiger partial charge in [-0.05, 0) is 39.1 Å². The van der Waals surface area contributed by atoms with Gasteiger partial charge >= 0.3 is 0 Å². The largest absolute Gasteiger partial charge is 0.337 e. The lowest BCUT2D eigenvalue weighted by Crippen LogP contribution is -2.40. The molecule has 0 unspecified atom stereocenters. The lowest BCUT2D eigenvalue weighted by molar-refractivity contribution is 0.0697. The topological polar surface area (TPSA) is 67.2 Å². The second-order valence-electron chi connectivity index (χ2n) is 6.72. The fourth-order valence-corrected chi connectivity index (χ4v) is 3.30. The van der Waals surface area contributed by atoms with Gasteiger partial charge in [0.1, 0.15) is 17.3 Å². The van der Waals surface area contributed by atoms with Crippen LogP contribution in [0, 0.1) is 0 Å². The third-order valence-electron chi connectivity index (χ3n) is 4.48. The number of likely N-dealkylation sites (tertiary alicyclic amines) is 1.